The Morgan fingerprint density at radius 2 is 1.80 bits per heavy atom. The largest absolute Gasteiger partial charge is 0.508 e. The molecule has 0 atom stereocenters. The Kier molecular flexibility index (Phi) is 2.96. The average molecular weight is 206 g/mol. The SMILES string of the molecule is COCC1(c2ccc(O)cc2)CCCC1. The third kappa shape index (κ3) is 2.00. The molecule has 1 N–H and O–H groups in total. The van der Waals surface area contributed by atoms with Crippen LogP contribution in [0.3, 0.4) is 0 Å². The maximum absolute atomic E-state index is 9.28. The molecule has 0 bridgehead atoms. The fourth-order valence-corrected chi connectivity index (χ4v) is 2.66. The molecule has 1 fully saturated rings. The van der Waals surface area contributed by atoms with E-state index in [1.165, 1.54) is 31.2 Å². The molecule has 0 heterocycles. The van der Waals surface area contributed by atoms with E-state index in [-0.39, 0.29) is 5.41 Å². The molecule has 0 aliphatic heterocycles. The van der Waals surface area contributed by atoms with Crippen molar-refractivity contribution in [2.75, 3.05) is 13.7 Å². The lowest BCUT2D eigenvalue weighted by Gasteiger charge is -2.28. The summed E-state index contributed by atoms with van der Waals surface area (Å²) in [5.41, 5.74) is 1.50. The highest BCUT2D eigenvalue weighted by molar-refractivity contribution is 5.32. The van der Waals surface area contributed by atoms with Crippen LogP contribution < -0.4 is 0 Å². The third-order valence-electron chi connectivity index (χ3n) is 3.46. The van der Waals surface area contributed by atoms with E-state index in [0.717, 1.165) is 6.61 Å². The fourth-order valence-electron chi connectivity index (χ4n) is 2.66. The normalized spacial score (nSPS) is 19.3. The first-order chi connectivity index (χ1) is 7.27. The van der Waals surface area contributed by atoms with Gasteiger partial charge in [-0.2, -0.15) is 0 Å². The van der Waals surface area contributed by atoms with Crippen LogP contribution in [0.4, 0.5) is 0 Å². The minimum Gasteiger partial charge on any atom is -0.508 e. The van der Waals surface area contributed by atoms with Crippen molar-refractivity contribution in [1.29, 1.82) is 0 Å². The van der Waals surface area contributed by atoms with Crippen LogP contribution in [-0.2, 0) is 10.2 Å². The van der Waals surface area contributed by atoms with Gasteiger partial charge >= 0.3 is 0 Å². The molecular formula is C13H18O2. The van der Waals surface area contributed by atoms with E-state index in [4.69, 9.17) is 4.74 Å². The monoisotopic (exact) mass is 206 g/mol. The minimum absolute atomic E-state index is 0.197. The summed E-state index contributed by atoms with van der Waals surface area (Å²) in [4.78, 5) is 0. The molecule has 0 unspecified atom stereocenters. The molecule has 82 valence electrons. The number of phenolic OH excluding ortho intramolecular Hbond substituents is 1. The standard InChI is InChI=1S/C13H18O2/c1-15-10-13(8-2-3-9-13)11-4-6-12(14)7-5-11/h4-7,14H,2-3,8-10H2,1H3. The predicted molar refractivity (Wildman–Crippen MR) is 60.1 cm³/mol. The molecule has 2 rings (SSSR count). The van der Waals surface area contributed by atoms with Crippen LogP contribution in [0.15, 0.2) is 24.3 Å². The zero-order chi connectivity index (χ0) is 10.7. The summed E-state index contributed by atoms with van der Waals surface area (Å²) in [7, 11) is 1.76. The van der Waals surface area contributed by atoms with Crippen LogP contribution in [0.2, 0.25) is 0 Å². The summed E-state index contributed by atoms with van der Waals surface area (Å²) >= 11 is 0. The number of rotatable bonds is 3. The highest BCUT2D eigenvalue weighted by Crippen LogP contribution is 2.41. The van der Waals surface area contributed by atoms with E-state index in [1.54, 1.807) is 19.2 Å². The van der Waals surface area contributed by atoms with Crippen molar-refractivity contribution in [1.82, 2.24) is 0 Å². The summed E-state index contributed by atoms with van der Waals surface area (Å²) in [6, 6.07) is 7.59. The number of hydrogen-bond acceptors (Lipinski definition) is 2. The van der Waals surface area contributed by atoms with Crippen molar-refractivity contribution in [3.8, 4) is 5.75 Å². The van der Waals surface area contributed by atoms with Crippen LogP contribution in [0.25, 0.3) is 0 Å². The van der Waals surface area contributed by atoms with Gasteiger partial charge in [0.15, 0.2) is 0 Å². The number of ether oxygens (including phenoxy) is 1. The molecule has 1 aromatic rings. The van der Waals surface area contributed by atoms with Gasteiger partial charge in [0.1, 0.15) is 5.75 Å². The topological polar surface area (TPSA) is 29.5 Å². The lowest BCUT2D eigenvalue weighted by atomic mass is 9.80. The van der Waals surface area contributed by atoms with Gasteiger partial charge in [-0.3, -0.25) is 0 Å². The average Bonchev–Trinajstić information content (AvgIpc) is 2.69. The van der Waals surface area contributed by atoms with Crippen molar-refractivity contribution in [3.63, 3.8) is 0 Å². The minimum atomic E-state index is 0.197. The van der Waals surface area contributed by atoms with E-state index in [2.05, 4.69) is 0 Å². The van der Waals surface area contributed by atoms with Gasteiger partial charge in [0.25, 0.3) is 0 Å². The van der Waals surface area contributed by atoms with Crippen LogP contribution in [0.5, 0.6) is 5.75 Å². The Bertz CT molecular complexity index is 310. The van der Waals surface area contributed by atoms with Gasteiger partial charge in [0, 0.05) is 12.5 Å². The summed E-state index contributed by atoms with van der Waals surface area (Å²) in [5.74, 6) is 0.337. The van der Waals surface area contributed by atoms with Crippen LogP contribution >= 0.6 is 0 Å². The predicted octanol–water partition coefficient (Wildman–Crippen LogP) is 2.85. The Morgan fingerprint density at radius 1 is 1.20 bits per heavy atom. The third-order valence-corrected chi connectivity index (χ3v) is 3.46. The van der Waals surface area contributed by atoms with Crippen molar-refractivity contribution < 1.29 is 9.84 Å². The van der Waals surface area contributed by atoms with E-state index in [0.29, 0.717) is 5.75 Å². The van der Waals surface area contributed by atoms with Crippen LogP contribution in [0, 0.1) is 0 Å². The van der Waals surface area contributed by atoms with E-state index >= 15 is 0 Å². The summed E-state index contributed by atoms with van der Waals surface area (Å²) in [5, 5.41) is 9.28. The summed E-state index contributed by atoms with van der Waals surface area (Å²) in [6.07, 6.45) is 4.96. The first-order valence-corrected chi connectivity index (χ1v) is 5.55. The van der Waals surface area contributed by atoms with Crippen molar-refractivity contribution >= 4 is 0 Å². The second kappa shape index (κ2) is 4.23. The quantitative estimate of drug-likeness (QED) is 0.824. The van der Waals surface area contributed by atoms with Gasteiger partial charge in [-0.1, -0.05) is 25.0 Å². The fraction of sp³-hybridized carbons (Fsp3) is 0.538. The molecular weight excluding hydrogens is 188 g/mol. The lowest BCUT2D eigenvalue weighted by Crippen LogP contribution is -2.27. The Balaban J connectivity index is 2.28. The smallest absolute Gasteiger partial charge is 0.115 e. The molecule has 0 aromatic heterocycles. The second-order valence-electron chi connectivity index (χ2n) is 4.47. The zero-order valence-electron chi connectivity index (χ0n) is 9.20. The molecule has 1 aliphatic carbocycles. The molecule has 0 radical (unpaired) electrons. The van der Waals surface area contributed by atoms with Crippen molar-refractivity contribution in [2.24, 2.45) is 0 Å². The molecule has 2 heteroatoms. The molecule has 0 saturated heterocycles. The summed E-state index contributed by atoms with van der Waals surface area (Å²) in [6.45, 7) is 0.789. The first kappa shape index (κ1) is 10.5. The molecule has 1 saturated carbocycles. The second-order valence-corrected chi connectivity index (χ2v) is 4.47. The van der Waals surface area contributed by atoms with Crippen LogP contribution in [-0.4, -0.2) is 18.8 Å². The highest BCUT2D eigenvalue weighted by atomic mass is 16.5. The molecule has 2 nitrogen and oxygen atoms in total. The van der Waals surface area contributed by atoms with E-state index in [9.17, 15) is 5.11 Å². The Morgan fingerprint density at radius 3 is 2.33 bits per heavy atom. The van der Waals surface area contributed by atoms with Crippen molar-refractivity contribution in [3.05, 3.63) is 29.8 Å². The number of methoxy groups -OCH3 is 1. The maximum Gasteiger partial charge on any atom is 0.115 e. The van der Waals surface area contributed by atoms with Gasteiger partial charge in [-0.15, -0.1) is 0 Å². The van der Waals surface area contributed by atoms with Gasteiger partial charge in [0.05, 0.1) is 6.61 Å². The van der Waals surface area contributed by atoms with E-state index in [1.807, 2.05) is 12.1 Å². The summed E-state index contributed by atoms with van der Waals surface area (Å²) < 4.78 is 5.35. The molecule has 15 heavy (non-hydrogen) atoms. The molecule has 0 amide bonds. The molecule has 1 aliphatic rings. The maximum atomic E-state index is 9.28. The van der Waals surface area contributed by atoms with Crippen molar-refractivity contribution in [2.45, 2.75) is 31.1 Å². The number of phenols is 1. The Labute approximate surface area is 90.9 Å². The molecule has 1 aromatic carbocycles. The first-order valence-electron chi connectivity index (χ1n) is 5.55. The van der Waals surface area contributed by atoms with E-state index < -0.39 is 0 Å². The number of hydrogen-bond donors (Lipinski definition) is 1. The number of benzene rings is 1. The lowest BCUT2D eigenvalue weighted by molar-refractivity contribution is 0.131. The van der Waals surface area contributed by atoms with Gasteiger partial charge in [-0.25, -0.2) is 0 Å². The zero-order valence-corrected chi connectivity index (χ0v) is 9.20. The van der Waals surface area contributed by atoms with Crippen LogP contribution in [0.1, 0.15) is 31.2 Å². The molecule has 0 spiro atoms. The number of aromatic hydroxyl groups is 1. The van der Waals surface area contributed by atoms with Gasteiger partial charge in [0.2, 0.25) is 0 Å². The van der Waals surface area contributed by atoms with Gasteiger partial charge < -0.3 is 9.84 Å². The van der Waals surface area contributed by atoms with Gasteiger partial charge in [-0.05, 0) is 30.5 Å². The highest BCUT2D eigenvalue weighted by Gasteiger charge is 2.35. The Hall–Kier alpha value is -1.02.